The van der Waals surface area contributed by atoms with Crippen molar-refractivity contribution in [3.63, 3.8) is 0 Å². The first-order valence-electron chi connectivity index (χ1n) is 9.75. The fraction of sp³-hybridized carbons (Fsp3) is 0.650. The van der Waals surface area contributed by atoms with Crippen molar-refractivity contribution in [3.8, 4) is 0 Å². The van der Waals surface area contributed by atoms with Gasteiger partial charge in [-0.1, -0.05) is 0 Å². The predicted octanol–water partition coefficient (Wildman–Crippen LogP) is 3.05. The van der Waals surface area contributed by atoms with Gasteiger partial charge in [0.05, 0.1) is 10.9 Å². The van der Waals surface area contributed by atoms with Crippen molar-refractivity contribution >= 4 is 22.8 Å². The van der Waals surface area contributed by atoms with Crippen LogP contribution < -0.4 is 5.32 Å². The zero-order chi connectivity index (χ0) is 19.4. The maximum Gasteiger partial charge on any atom is 0.258 e. The third-order valence-corrected chi connectivity index (χ3v) is 5.81. The van der Waals surface area contributed by atoms with Crippen LogP contribution in [0.4, 0.5) is 5.82 Å². The molecule has 1 amide bonds. The fourth-order valence-corrected chi connectivity index (χ4v) is 3.73. The van der Waals surface area contributed by atoms with Gasteiger partial charge in [-0.05, 0) is 47.5 Å². The molecule has 0 radical (unpaired) electrons. The van der Waals surface area contributed by atoms with Gasteiger partial charge in [-0.3, -0.25) is 9.69 Å². The number of carbonyl (C=O) groups excluding carboxylic acids is 1. The Bertz CT molecular complexity index is 870. The van der Waals surface area contributed by atoms with Crippen LogP contribution in [-0.2, 0) is 0 Å². The van der Waals surface area contributed by atoms with Gasteiger partial charge < -0.3 is 14.6 Å². The molecule has 0 bridgehead atoms. The minimum Gasteiger partial charge on any atom is -0.442 e. The van der Waals surface area contributed by atoms with Crippen molar-refractivity contribution in [2.45, 2.75) is 58.5 Å². The molecule has 4 rings (SSSR count). The Morgan fingerprint density at radius 3 is 2.44 bits per heavy atom. The van der Waals surface area contributed by atoms with Gasteiger partial charge in [-0.25, -0.2) is 9.97 Å². The molecule has 1 aliphatic heterocycles. The molecule has 7 heteroatoms. The quantitative estimate of drug-likeness (QED) is 0.894. The number of piperazine rings is 1. The predicted molar refractivity (Wildman–Crippen MR) is 105 cm³/mol. The van der Waals surface area contributed by atoms with E-state index in [1.165, 1.54) is 6.33 Å². The molecule has 0 aromatic carbocycles. The van der Waals surface area contributed by atoms with Gasteiger partial charge in [0.25, 0.3) is 5.91 Å². The Labute approximate surface area is 160 Å². The minimum absolute atomic E-state index is 0.0126. The first kappa shape index (κ1) is 18.2. The second kappa shape index (κ2) is 6.19. The van der Waals surface area contributed by atoms with E-state index in [1.54, 1.807) is 0 Å². The number of hydrogen-bond acceptors (Lipinski definition) is 6. The summed E-state index contributed by atoms with van der Waals surface area (Å²) in [5.74, 6) is 1.32. The summed E-state index contributed by atoms with van der Waals surface area (Å²) >= 11 is 0. The highest BCUT2D eigenvalue weighted by molar-refractivity contribution is 6.10. The highest BCUT2D eigenvalue weighted by atomic mass is 16.3. The lowest BCUT2D eigenvalue weighted by molar-refractivity contribution is 0.0451. The van der Waals surface area contributed by atoms with E-state index in [0.29, 0.717) is 28.2 Å². The summed E-state index contributed by atoms with van der Waals surface area (Å²) in [6, 6.07) is 0. The molecule has 1 saturated heterocycles. The average Bonchev–Trinajstić information content (AvgIpc) is 3.22. The van der Waals surface area contributed by atoms with Gasteiger partial charge in [-0.15, -0.1) is 0 Å². The second-order valence-electron chi connectivity index (χ2n) is 9.07. The Hall–Kier alpha value is -2.15. The summed E-state index contributed by atoms with van der Waals surface area (Å²) in [4.78, 5) is 26.4. The summed E-state index contributed by atoms with van der Waals surface area (Å²) < 4.78 is 5.81. The molecule has 0 atom stereocenters. The molecular weight excluding hydrogens is 342 g/mol. The van der Waals surface area contributed by atoms with Crippen LogP contribution >= 0.6 is 0 Å². The summed E-state index contributed by atoms with van der Waals surface area (Å²) in [5.41, 5.74) is 1.26. The molecule has 0 unspecified atom stereocenters. The Kier molecular flexibility index (Phi) is 4.18. The van der Waals surface area contributed by atoms with E-state index >= 15 is 0 Å². The first-order chi connectivity index (χ1) is 12.7. The second-order valence-corrected chi connectivity index (χ2v) is 9.07. The topological polar surface area (TPSA) is 74.5 Å². The van der Waals surface area contributed by atoms with Crippen LogP contribution in [0.1, 0.15) is 56.7 Å². The molecule has 146 valence electrons. The number of nitrogens with one attached hydrogen (secondary N) is 1. The van der Waals surface area contributed by atoms with Crippen LogP contribution in [0.25, 0.3) is 11.1 Å². The fourth-order valence-electron chi connectivity index (χ4n) is 3.73. The zero-order valence-electron chi connectivity index (χ0n) is 16.9. The van der Waals surface area contributed by atoms with Crippen LogP contribution in [0.2, 0.25) is 0 Å². The Morgan fingerprint density at radius 2 is 1.85 bits per heavy atom. The van der Waals surface area contributed by atoms with Crippen LogP contribution in [0.15, 0.2) is 10.7 Å². The molecule has 2 aromatic rings. The number of furan rings is 1. The van der Waals surface area contributed by atoms with Crippen molar-refractivity contribution in [2.24, 2.45) is 0 Å². The lowest BCUT2D eigenvalue weighted by Gasteiger charge is -2.42. The van der Waals surface area contributed by atoms with E-state index in [2.05, 4.69) is 47.9 Å². The molecule has 27 heavy (non-hydrogen) atoms. The third kappa shape index (κ3) is 3.40. The smallest absolute Gasteiger partial charge is 0.258 e. The van der Waals surface area contributed by atoms with Crippen LogP contribution in [0.5, 0.6) is 0 Å². The number of nitrogens with zero attached hydrogens (tertiary/aromatic N) is 4. The van der Waals surface area contributed by atoms with E-state index in [0.717, 1.165) is 39.0 Å². The van der Waals surface area contributed by atoms with Gasteiger partial charge in [0.1, 0.15) is 17.9 Å². The summed E-state index contributed by atoms with van der Waals surface area (Å²) in [7, 11) is 0. The number of anilines is 1. The molecule has 7 nitrogen and oxygen atoms in total. The molecule has 3 heterocycles. The number of rotatable bonds is 3. The van der Waals surface area contributed by atoms with Gasteiger partial charge in [0.2, 0.25) is 5.71 Å². The lowest BCUT2D eigenvalue weighted by Crippen LogP contribution is -2.54. The van der Waals surface area contributed by atoms with Gasteiger partial charge >= 0.3 is 0 Å². The van der Waals surface area contributed by atoms with Crippen LogP contribution in [0, 0.1) is 6.92 Å². The normalized spacial score (nSPS) is 20.1. The standard InChI is InChI=1S/C20H29N5O2/c1-13-14(18(26)24-8-10-25(11-9-24)19(2,3)4)15-16(23-20(5)6-7-20)21-12-22-17(15)27-13/h12H,6-11H2,1-5H3,(H,21,22,23). The summed E-state index contributed by atoms with van der Waals surface area (Å²) in [6.45, 7) is 13.8. The monoisotopic (exact) mass is 371 g/mol. The maximum atomic E-state index is 13.3. The molecular formula is C20H29N5O2. The number of amides is 1. The third-order valence-electron chi connectivity index (χ3n) is 5.81. The molecule has 2 aromatic heterocycles. The van der Waals surface area contributed by atoms with E-state index < -0.39 is 0 Å². The summed E-state index contributed by atoms with van der Waals surface area (Å²) in [5, 5.41) is 4.20. The van der Waals surface area contributed by atoms with E-state index in [9.17, 15) is 4.79 Å². The average molecular weight is 371 g/mol. The van der Waals surface area contributed by atoms with E-state index in [-0.39, 0.29) is 17.0 Å². The van der Waals surface area contributed by atoms with E-state index in [4.69, 9.17) is 4.42 Å². The highest BCUT2D eigenvalue weighted by Gasteiger charge is 2.39. The van der Waals surface area contributed by atoms with Crippen molar-refractivity contribution in [1.29, 1.82) is 0 Å². The van der Waals surface area contributed by atoms with Crippen molar-refractivity contribution in [3.05, 3.63) is 17.7 Å². The molecule has 2 fully saturated rings. The van der Waals surface area contributed by atoms with E-state index in [1.807, 2.05) is 11.8 Å². The number of fused-ring (bicyclic) bond motifs is 1. The SMILES string of the molecule is Cc1oc2ncnc(NC3(C)CC3)c2c1C(=O)N1CCN(C(C)(C)C)CC1. The lowest BCUT2D eigenvalue weighted by atomic mass is 10.0. The van der Waals surface area contributed by atoms with Gasteiger partial charge in [0, 0.05) is 37.3 Å². The Morgan fingerprint density at radius 1 is 1.19 bits per heavy atom. The van der Waals surface area contributed by atoms with Crippen LogP contribution in [0.3, 0.4) is 0 Å². The minimum atomic E-state index is 0.0126. The number of aromatic nitrogens is 2. The molecule has 1 N–H and O–H groups in total. The molecule has 0 spiro atoms. The number of aryl methyl sites for hydroxylation is 1. The van der Waals surface area contributed by atoms with Crippen molar-refractivity contribution in [2.75, 3.05) is 31.5 Å². The highest BCUT2D eigenvalue weighted by Crippen LogP contribution is 2.40. The van der Waals surface area contributed by atoms with Crippen molar-refractivity contribution in [1.82, 2.24) is 19.8 Å². The maximum absolute atomic E-state index is 13.3. The Balaban J connectivity index is 1.63. The molecule has 2 aliphatic rings. The van der Waals surface area contributed by atoms with Crippen LogP contribution in [-0.4, -0.2) is 62.9 Å². The first-order valence-corrected chi connectivity index (χ1v) is 9.75. The summed E-state index contributed by atoms with van der Waals surface area (Å²) in [6.07, 6.45) is 3.70. The van der Waals surface area contributed by atoms with Crippen molar-refractivity contribution < 1.29 is 9.21 Å². The number of hydrogen-bond donors (Lipinski definition) is 1. The zero-order valence-corrected chi connectivity index (χ0v) is 16.9. The molecule has 1 saturated carbocycles. The molecule has 1 aliphatic carbocycles. The number of carbonyl (C=O) groups is 1. The largest absolute Gasteiger partial charge is 0.442 e. The van der Waals surface area contributed by atoms with Gasteiger partial charge in [-0.2, -0.15) is 0 Å². The van der Waals surface area contributed by atoms with Gasteiger partial charge in [0.15, 0.2) is 0 Å².